The van der Waals surface area contributed by atoms with Gasteiger partial charge in [0.25, 0.3) is 0 Å². The lowest BCUT2D eigenvalue weighted by Crippen LogP contribution is -2.16. The fourth-order valence-electron chi connectivity index (χ4n) is 3.21. The second-order valence-corrected chi connectivity index (χ2v) is 8.00. The quantitative estimate of drug-likeness (QED) is 0.301. The first-order valence-corrected chi connectivity index (χ1v) is 11.1. The third kappa shape index (κ3) is 5.27. The van der Waals surface area contributed by atoms with Crippen LogP contribution in [0.15, 0.2) is 78.0 Å². The number of amides is 1. The van der Waals surface area contributed by atoms with E-state index in [0.717, 1.165) is 16.8 Å². The molecule has 8 nitrogen and oxygen atoms in total. The van der Waals surface area contributed by atoms with E-state index in [1.54, 1.807) is 32.4 Å². The summed E-state index contributed by atoms with van der Waals surface area (Å²) in [7, 11) is 3.14. The molecule has 4 aromatic rings. The summed E-state index contributed by atoms with van der Waals surface area (Å²) in [6, 6.07) is 23.1. The summed E-state index contributed by atoms with van der Waals surface area (Å²) in [6.45, 7) is 0. The van der Waals surface area contributed by atoms with Crippen LogP contribution in [0.1, 0.15) is 0 Å². The second kappa shape index (κ2) is 10.1. The molecule has 0 aliphatic rings. The first-order valence-electron chi connectivity index (χ1n) is 10.1. The van der Waals surface area contributed by atoms with Crippen LogP contribution in [0.2, 0.25) is 0 Å². The lowest BCUT2D eigenvalue weighted by molar-refractivity contribution is -0.113. The van der Waals surface area contributed by atoms with Gasteiger partial charge in [-0.1, -0.05) is 54.2 Å². The maximum Gasteiger partial charge on any atom is 0.234 e. The number of rotatable bonds is 8. The van der Waals surface area contributed by atoms with E-state index in [1.807, 2.05) is 54.6 Å². The Morgan fingerprint density at radius 2 is 1.55 bits per heavy atom. The monoisotopic (exact) mass is 461 g/mol. The SMILES string of the molecule is COc1cc(OC)cc(-c2nnc(SCC(=O)Nc3ccc(-c4ccccc4)cc3)n2N)c1. The van der Waals surface area contributed by atoms with Crippen molar-refractivity contribution >= 4 is 23.4 Å². The largest absolute Gasteiger partial charge is 0.497 e. The smallest absolute Gasteiger partial charge is 0.234 e. The molecule has 0 spiro atoms. The average molecular weight is 462 g/mol. The number of methoxy groups -OCH3 is 2. The minimum atomic E-state index is -0.167. The average Bonchev–Trinajstić information content (AvgIpc) is 3.23. The van der Waals surface area contributed by atoms with Crippen LogP contribution < -0.4 is 20.6 Å². The number of carbonyl (C=O) groups is 1. The van der Waals surface area contributed by atoms with E-state index >= 15 is 0 Å². The number of anilines is 1. The Hall–Kier alpha value is -3.98. The fraction of sp³-hybridized carbons (Fsp3) is 0.125. The molecule has 1 aromatic heterocycles. The summed E-state index contributed by atoms with van der Waals surface area (Å²) in [5.41, 5.74) is 3.62. The van der Waals surface area contributed by atoms with Gasteiger partial charge in [0.1, 0.15) is 11.5 Å². The van der Waals surface area contributed by atoms with E-state index in [-0.39, 0.29) is 11.7 Å². The minimum absolute atomic E-state index is 0.136. The summed E-state index contributed by atoms with van der Waals surface area (Å²) >= 11 is 1.20. The van der Waals surface area contributed by atoms with Crippen molar-refractivity contribution in [2.24, 2.45) is 0 Å². The normalized spacial score (nSPS) is 10.6. The number of nitrogens with zero attached hydrogens (tertiary/aromatic N) is 3. The predicted octanol–water partition coefficient (Wildman–Crippen LogP) is 4.07. The van der Waals surface area contributed by atoms with Crippen LogP contribution in [0, 0.1) is 0 Å². The van der Waals surface area contributed by atoms with E-state index < -0.39 is 0 Å². The van der Waals surface area contributed by atoms with E-state index in [4.69, 9.17) is 15.3 Å². The topological polar surface area (TPSA) is 104 Å². The number of ether oxygens (including phenoxy) is 2. The number of thioether (sulfide) groups is 1. The minimum Gasteiger partial charge on any atom is -0.497 e. The summed E-state index contributed by atoms with van der Waals surface area (Å²) in [5.74, 6) is 7.81. The van der Waals surface area contributed by atoms with Gasteiger partial charge in [-0.05, 0) is 35.4 Å². The number of hydrogen-bond donors (Lipinski definition) is 2. The van der Waals surface area contributed by atoms with Gasteiger partial charge >= 0.3 is 0 Å². The van der Waals surface area contributed by atoms with Crippen molar-refractivity contribution in [1.29, 1.82) is 0 Å². The summed E-state index contributed by atoms with van der Waals surface area (Å²) in [6.07, 6.45) is 0. The van der Waals surface area contributed by atoms with Crippen LogP contribution >= 0.6 is 11.8 Å². The lowest BCUT2D eigenvalue weighted by Gasteiger charge is -2.09. The molecule has 168 valence electrons. The zero-order valence-electron chi connectivity index (χ0n) is 18.2. The second-order valence-electron chi connectivity index (χ2n) is 7.06. The third-order valence-electron chi connectivity index (χ3n) is 4.88. The highest BCUT2D eigenvalue weighted by molar-refractivity contribution is 7.99. The van der Waals surface area contributed by atoms with Crippen molar-refractivity contribution in [1.82, 2.24) is 14.9 Å². The molecule has 0 radical (unpaired) electrons. The first-order chi connectivity index (χ1) is 16.1. The maximum atomic E-state index is 12.4. The van der Waals surface area contributed by atoms with Crippen LogP contribution in [0.25, 0.3) is 22.5 Å². The van der Waals surface area contributed by atoms with Crippen LogP contribution in [0.3, 0.4) is 0 Å². The van der Waals surface area contributed by atoms with Crippen molar-refractivity contribution in [3.8, 4) is 34.0 Å². The number of nitrogen functional groups attached to an aromatic ring is 1. The molecule has 1 amide bonds. The summed E-state index contributed by atoms with van der Waals surface area (Å²) < 4.78 is 11.9. The third-order valence-corrected chi connectivity index (χ3v) is 5.83. The summed E-state index contributed by atoms with van der Waals surface area (Å²) in [5, 5.41) is 11.6. The van der Waals surface area contributed by atoms with Crippen LogP contribution in [-0.4, -0.2) is 40.8 Å². The molecule has 0 saturated heterocycles. The number of nitrogens with two attached hydrogens (primary N) is 1. The van der Waals surface area contributed by atoms with Gasteiger partial charge in [0.05, 0.1) is 20.0 Å². The summed E-state index contributed by atoms with van der Waals surface area (Å²) in [4.78, 5) is 12.4. The van der Waals surface area contributed by atoms with Crippen LogP contribution in [0.5, 0.6) is 11.5 Å². The molecule has 0 bridgehead atoms. The highest BCUT2D eigenvalue weighted by atomic mass is 32.2. The Kier molecular flexibility index (Phi) is 6.80. The van der Waals surface area contributed by atoms with Crippen molar-refractivity contribution in [2.45, 2.75) is 5.16 Å². The molecule has 3 N–H and O–H groups in total. The van der Waals surface area contributed by atoms with Crippen molar-refractivity contribution in [3.05, 3.63) is 72.8 Å². The number of carbonyl (C=O) groups excluding carboxylic acids is 1. The van der Waals surface area contributed by atoms with Gasteiger partial charge in [0.15, 0.2) is 5.82 Å². The molecule has 4 rings (SSSR count). The van der Waals surface area contributed by atoms with Gasteiger partial charge in [0, 0.05) is 17.3 Å². The van der Waals surface area contributed by atoms with Crippen molar-refractivity contribution in [3.63, 3.8) is 0 Å². The Balaban J connectivity index is 1.39. The predicted molar refractivity (Wildman–Crippen MR) is 130 cm³/mol. The van der Waals surface area contributed by atoms with Gasteiger partial charge in [-0.2, -0.15) is 0 Å². The number of benzene rings is 3. The van der Waals surface area contributed by atoms with E-state index in [1.165, 1.54) is 16.4 Å². The van der Waals surface area contributed by atoms with E-state index in [0.29, 0.717) is 28.0 Å². The fourth-order valence-corrected chi connectivity index (χ4v) is 3.87. The molecular formula is C24H23N5O3S. The maximum absolute atomic E-state index is 12.4. The molecule has 0 aliphatic heterocycles. The molecule has 0 saturated carbocycles. The zero-order valence-corrected chi connectivity index (χ0v) is 19.0. The number of aromatic nitrogens is 3. The number of nitrogens with one attached hydrogen (secondary N) is 1. The molecule has 0 unspecified atom stereocenters. The molecule has 1 heterocycles. The van der Waals surface area contributed by atoms with E-state index in [9.17, 15) is 4.79 Å². The van der Waals surface area contributed by atoms with Gasteiger partial charge in [-0.15, -0.1) is 10.2 Å². The van der Waals surface area contributed by atoms with E-state index in [2.05, 4.69) is 15.5 Å². The molecule has 0 atom stereocenters. The molecular weight excluding hydrogens is 438 g/mol. The molecule has 0 fully saturated rings. The molecule has 3 aromatic carbocycles. The van der Waals surface area contributed by atoms with Gasteiger partial charge in [-0.3, -0.25) is 4.79 Å². The Morgan fingerprint density at radius 3 is 2.18 bits per heavy atom. The van der Waals surface area contributed by atoms with Crippen LogP contribution in [-0.2, 0) is 4.79 Å². The number of hydrogen-bond acceptors (Lipinski definition) is 7. The Morgan fingerprint density at radius 1 is 0.909 bits per heavy atom. The van der Waals surface area contributed by atoms with Gasteiger partial charge in [-0.25, -0.2) is 4.68 Å². The standard InChI is InChI=1S/C24H23N5O3S/c1-31-20-12-18(13-21(14-20)32-2)23-27-28-24(29(23)25)33-15-22(30)26-19-10-8-17(9-11-19)16-6-4-3-5-7-16/h3-14H,15,25H2,1-2H3,(H,26,30). The van der Waals surface area contributed by atoms with Crippen molar-refractivity contribution in [2.75, 3.05) is 31.1 Å². The van der Waals surface area contributed by atoms with Gasteiger partial charge in [0.2, 0.25) is 11.1 Å². The van der Waals surface area contributed by atoms with Crippen LogP contribution in [0.4, 0.5) is 5.69 Å². The first kappa shape index (κ1) is 22.2. The zero-order chi connectivity index (χ0) is 23.2. The Bertz CT molecular complexity index is 1220. The van der Waals surface area contributed by atoms with Gasteiger partial charge < -0.3 is 20.6 Å². The Labute approximate surface area is 195 Å². The lowest BCUT2D eigenvalue weighted by atomic mass is 10.1. The highest BCUT2D eigenvalue weighted by Crippen LogP contribution is 2.30. The molecule has 0 aliphatic carbocycles. The highest BCUT2D eigenvalue weighted by Gasteiger charge is 2.16. The van der Waals surface area contributed by atoms with Crippen molar-refractivity contribution < 1.29 is 14.3 Å². The molecule has 9 heteroatoms. The molecule has 33 heavy (non-hydrogen) atoms.